The fourth-order valence-corrected chi connectivity index (χ4v) is 4.11. The highest BCUT2D eigenvalue weighted by Gasteiger charge is 2.22. The molecule has 4 rings (SSSR count). The molecule has 6 nitrogen and oxygen atoms in total. The molecule has 0 spiro atoms. The van der Waals surface area contributed by atoms with Crippen LogP contribution in [0.5, 0.6) is 0 Å². The fraction of sp³-hybridized carbons (Fsp3) is 0.250. The summed E-state index contributed by atoms with van der Waals surface area (Å²) in [5.74, 6) is -0.0968. The molecule has 8 heteroatoms. The van der Waals surface area contributed by atoms with Gasteiger partial charge in [-0.25, -0.2) is 9.78 Å². The average Bonchev–Trinajstić information content (AvgIpc) is 3.09. The van der Waals surface area contributed by atoms with Crippen LogP contribution in [0.3, 0.4) is 0 Å². The molecule has 0 radical (unpaired) electrons. The van der Waals surface area contributed by atoms with Crippen molar-refractivity contribution >= 4 is 40.2 Å². The summed E-state index contributed by atoms with van der Waals surface area (Å²) in [5.41, 5.74) is 4.00. The Balaban J connectivity index is 1.75. The van der Waals surface area contributed by atoms with Crippen molar-refractivity contribution in [2.75, 3.05) is 0 Å². The molecule has 0 aliphatic heterocycles. The first-order valence-electron chi connectivity index (χ1n) is 10.1. The van der Waals surface area contributed by atoms with E-state index in [4.69, 9.17) is 28.2 Å². The van der Waals surface area contributed by atoms with Crippen molar-refractivity contribution in [3.63, 3.8) is 0 Å². The average molecular weight is 469 g/mol. The summed E-state index contributed by atoms with van der Waals surface area (Å²) in [7, 11) is 0. The molecule has 164 valence electrons. The summed E-state index contributed by atoms with van der Waals surface area (Å²) in [4.78, 5) is 16.3. The van der Waals surface area contributed by atoms with Crippen molar-refractivity contribution in [2.45, 2.75) is 33.7 Å². The molecule has 1 N–H and O–H groups in total. The van der Waals surface area contributed by atoms with Gasteiger partial charge in [0, 0.05) is 13.0 Å². The molecule has 0 atom stereocenters. The maximum Gasteiger partial charge on any atom is 0.336 e. The second kappa shape index (κ2) is 8.52. The minimum Gasteiger partial charge on any atom is -0.478 e. The van der Waals surface area contributed by atoms with Crippen molar-refractivity contribution in [3.05, 3.63) is 75.8 Å². The minimum absolute atomic E-state index is 0.00331. The number of imidazole rings is 1. The van der Waals surface area contributed by atoms with Crippen molar-refractivity contribution in [2.24, 2.45) is 5.41 Å². The van der Waals surface area contributed by atoms with E-state index in [0.717, 1.165) is 23.4 Å². The normalized spacial score (nSPS) is 11.8. The molecule has 0 aliphatic carbocycles. The molecule has 2 aromatic heterocycles. The Morgan fingerprint density at radius 1 is 1.00 bits per heavy atom. The van der Waals surface area contributed by atoms with Crippen LogP contribution in [0.15, 0.2) is 48.5 Å². The summed E-state index contributed by atoms with van der Waals surface area (Å²) in [6.45, 7) is 6.95. The largest absolute Gasteiger partial charge is 0.478 e. The van der Waals surface area contributed by atoms with Gasteiger partial charge in [-0.2, -0.15) is 0 Å². The SMILES string of the molecule is CC(C)(C)Cc1nc2c(Cl)nnc(Cl)c2n1Cc1ccc(-c2ccccc2C(=O)O)cc1. The van der Waals surface area contributed by atoms with Crippen LogP contribution in [-0.4, -0.2) is 30.8 Å². The lowest BCUT2D eigenvalue weighted by molar-refractivity contribution is 0.0697. The van der Waals surface area contributed by atoms with E-state index < -0.39 is 5.97 Å². The highest BCUT2D eigenvalue weighted by molar-refractivity contribution is 6.37. The number of fused-ring (bicyclic) bond motifs is 1. The third-order valence-electron chi connectivity index (χ3n) is 5.11. The van der Waals surface area contributed by atoms with Gasteiger partial charge >= 0.3 is 5.97 Å². The molecule has 2 heterocycles. The number of carboxylic acids is 1. The van der Waals surface area contributed by atoms with E-state index in [9.17, 15) is 9.90 Å². The second-order valence-corrected chi connectivity index (χ2v) is 9.59. The number of nitrogens with zero attached hydrogens (tertiary/aromatic N) is 4. The van der Waals surface area contributed by atoms with Crippen LogP contribution in [0.4, 0.5) is 0 Å². The number of halogens is 2. The molecular formula is C24H22Cl2N4O2. The van der Waals surface area contributed by atoms with Crippen LogP contribution in [0.1, 0.15) is 42.5 Å². The summed E-state index contributed by atoms with van der Waals surface area (Å²) >= 11 is 12.7. The minimum atomic E-state index is -0.950. The van der Waals surface area contributed by atoms with Crippen molar-refractivity contribution in [1.82, 2.24) is 19.7 Å². The number of aromatic carboxylic acids is 1. The lowest BCUT2D eigenvalue weighted by atomic mass is 9.92. The Morgan fingerprint density at radius 2 is 1.66 bits per heavy atom. The van der Waals surface area contributed by atoms with Crippen LogP contribution in [0.25, 0.3) is 22.2 Å². The van der Waals surface area contributed by atoms with Crippen LogP contribution in [0, 0.1) is 5.41 Å². The van der Waals surface area contributed by atoms with Crippen molar-refractivity contribution < 1.29 is 9.90 Å². The van der Waals surface area contributed by atoms with Crippen LogP contribution in [0.2, 0.25) is 10.3 Å². The third kappa shape index (κ3) is 4.47. The van der Waals surface area contributed by atoms with Gasteiger partial charge in [-0.05, 0) is 28.2 Å². The van der Waals surface area contributed by atoms with E-state index >= 15 is 0 Å². The first-order valence-corrected chi connectivity index (χ1v) is 10.9. The Bertz CT molecular complexity index is 1310. The Labute approximate surface area is 195 Å². The summed E-state index contributed by atoms with van der Waals surface area (Å²) in [6, 6.07) is 14.8. The molecule has 0 amide bonds. The Hall–Kier alpha value is -2.96. The monoisotopic (exact) mass is 468 g/mol. The zero-order valence-electron chi connectivity index (χ0n) is 17.9. The van der Waals surface area contributed by atoms with Crippen molar-refractivity contribution in [3.8, 4) is 11.1 Å². The van der Waals surface area contributed by atoms with Gasteiger partial charge in [0.1, 0.15) is 16.9 Å². The molecule has 0 bridgehead atoms. The van der Waals surface area contributed by atoms with Crippen LogP contribution >= 0.6 is 23.2 Å². The van der Waals surface area contributed by atoms with E-state index in [2.05, 4.69) is 31.0 Å². The molecule has 0 fully saturated rings. The first-order chi connectivity index (χ1) is 15.1. The predicted octanol–water partition coefficient (Wildman–Crippen LogP) is 6.14. The maximum absolute atomic E-state index is 11.6. The number of benzene rings is 2. The van der Waals surface area contributed by atoms with E-state index in [1.54, 1.807) is 12.1 Å². The van der Waals surface area contributed by atoms with Gasteiger partial charge in [-0.1, -0.05) is 86.4 Å². The topological polar surface area (TPSA) is 80.9 Å². The molecule has 0 aliphatic rings. The third-order valence-corrected chi connectivity index (χ3v) is 5.62. The lowest BCUT2D eigenvalue weighted by Gasteiger charge is -2.19. The molecular weight excluding hydrogens is 447 g/mol. The predicted molar refractivity (Wildman–Crippen MR) is 126 cm³/mol. The highest BCUT2D eigenvalue weighted by Crippen LogP contribution is 2.31. The Morgan fingerprint density at radius 3 is 2.31 bits per heavy atom. The zero-order chi connectivity index (χ0) is 23.0. The molecule has 2 aromatic carbocycles. The van der Waals surface area contributed by atoms with Gasteiger partial charge in [0.25, 0.3) is 0 Å². The first kappa shape index (κ1) is 22.2. The number of carbonyl (C=O) groups is 1. The zero-order valence-corrected chi connectivity index (χ0v) is 19.4. The smallest absolute Gasteiger partial charge is 0.336 e. The number of hydrogen-bond donors (Lipinski definition) is 1. The Kier molecular flexibility index (Phi) is 5.93. The molecule has 32 heavy (non-hydrogen) atoms. The van der Waals surface area contributed by atoms with E-state index in [-0.39, 0.29) is 21.3 Å². The molecule has 4 aromatic rings. The van der Waals surface area contributed by atoms with Gasteiger partial charge in [-0.3, -0.25) is 0 Å². The summed E-state index contributed by atoms with van der Waals surface area (Å²) in [6.07, 6.45) is 0.721. The number of hydrogen-bond acceptors (Lipinski definition) is 4. The quantitative estimate of drug-likeness (QED) is 0.380. The molecule has 0 unspecified atom stereocenters. The van der Waals surface area contributed by atoms with Gasteiger partial charge < -0.3 is 9.67 Å². The number of carboxylic acid groups (broad SMARTS) is 1. The summed E-state index contributed by atoms with van der Waals surface area (Å²) < 4.78 is 2.03. The van der Waals surface area contributed by atoms with Gasteiger partial charge in [0.15, 0.2) is 10.3 Å². The van der Waals surface area contributed by atoms with Gasteiger partial charge in [0.2, 0.25) is 0 Å². The van der Waals surface area contributed by atoms with Crippen LogP contribution < -0.4 is 0 Å². The highest BCUT2D eigenvalue weighted by atomic mass is 35.5. The van der Waals surface area contributed by atoms with Gasteiger partial charge in [-0.15, -0.1) is 10.2 Å². The van der Waals surface area contributed by atoms with E-state index in [1.807, 2.05) is 41.0 Å². The standard InChI is InChI=1S/C24H22Cl2N4O2/c1-24(2,3)12-18-27-19-20(22(26)29-28-21(19)25)30(18)13-14-8-10-15(11-9-14)16-6-4-5-7-17(16)23(31)32/h4-11H,12-13H2,1-3H3,(H,31,32). The number of rotatable bonds is 5. The maximum atomic E-state index is 11.6. The van der Waals surface area contributed by atoms with Crippen LogP contribution in [-0.2, 0) is 13.0 Å². The molecule has 0 saturated heterocycles. The number of aromatic nitrogens is 4. The lowest BCUT2D eigenvalue weighted by Crippen LogP contribution is -2.15. The molecule has 0 saturated carbocycles. The second-order valence-electron chi connectivity index (χ2n) is 8.88. The summed E-state index contributed by atoms with van der Waals surface area (Å²) in [5, 5.41) is 17.8. The van der Waals surface area contributed by atoms with Crippen molar-refractivity contribution in [1.29, 1.82) is 0 Å². The van der Waals surface area contributed by atoms with E-state index in [0.29, 0.717) is 23.1 Å². The van der Waals surface area contributed by atoms with E-state index in [1.165, 1.54) is 0 Å². The fourth-order valence-electron chi connectivity index (χ4n) is 3.71. The van der Waals surface area contributed by atoms with Gasteiger partial charge in [0.05, 0.1) is 5.56 Å².